The molecule has 142 valence electrons. The van der Waals surface area contributed by atoms with Crippen LogP contribution in [0, 0.1) is 5.92 Å². The summed E-state index contributed by atoms with van der Waals surface area (Å²) in [6, 6.07) is 30.6. The summed E-state index contributed by atoms with van der Waals surface area (Å²) in [6.45, 7) is 1.62. The average molecular weight is 370 g/mol. The largest absolute Gasteiger partial charge is 0.329 e. The van der Waals surface area contributed by atoms with Crippen LogP contribution in [0.15, 0.2) is 91.0 Å². The van der Waals surface area contributed by atoms with Crippen molar-refractivity contribution < 1.29 is 4.79 Å². The molecule has 0 spiro atoms. The highest BCUT2D eigenvalue weighted by Gasteiger charge is 2.28. The van der Waals surface area contributed by atoms with Gasteiger partial charge >= 0.3 is 6.03 Å². The second kappa shape index (κ2) is 8.75. The number of likely N-dealkylation sites (tertiary alicyclic amines) is 1. The van der Waals surface area contributed by atoms with E-state index in [1.165, 1.54) is 5.56 Å². The molecule has 0 aromatic heterocycles. The summed E-state index contributed by atoms with van der Waals surface area (Å²) in [5.41, 5.74) is 3.21. The Morgan fingerprint density at radius 3 is 1.71 bits per heavy atom. The number of carbonyl (C=O) groups excluding carboxylic acids is 1. The molecule has 1 aliphatic heterocycles. The first-order valence-electron chi connectivity index (χ1n) is 10.0. The highest BCUT2D eigenvalue weighted by Crippen LogP contribution is 2.29. The maximum absolute atomic E-state index is 13.4. The number of hydrogen-bond acceptors (Lipinski definition) is 1. The first-order valence-corrected chi connectivity index (χ1v) is 10.0. The molecule has 0 unspecified atom stereocenters. The van der Waals surface area contributed by atoms with Crippen molar-refractivity contribution in [1.82, 2.24) is 4.90 Å². The van der Waals surface area contributed by atoms with E-state index in [9.17, 15) is 4.79 Å². The fraction of sp³-hybridized carbons (Fsp3) is 0.240. The fourth-order valence-corrected chi connectivity index (χ4v) is 3.94. The van der Waals surface area contributed by atoms with Crippen molar-refractivity contribution >= 4 is 17.4 Å². The maximum Gasteiger partial charge on any atom is 0.329 e. The highest BCUT2D eigenvalue weighted by atomic mass is 16.2. The second-order valence-electron chi connectivity index (χ2n) is 7.41. The van der Waals surface area contributed by atoms with Crippen LogP contribution in [0.1, 0.15) is 18.4 Å². The summed E-state index contributed by atoms with van der Waals surface area (Å²) in [5.74, 6) is 0.647. The molecule has 1 saturated heterocycles. The number of hydrogen-bond donors (Lipinski definition) is 0. The van der Waals surface area contributed by atoms with E-state index in [0.717, 1.165) is 43.7 Å². The third-order valence-electron chi connectivity index (χ3n) is 5.47. The minimum Gasteiger partial charge on any atom is -0.324 e. The molecular weight excluding hydrogens is 344 g/mol. The van der Waals surface area contributed by atoms with Crippen LogP contribution in [0.3, 0.4) is 0 Å². The first-order chi connectivity index (χ1) is 13.8. The average Bonchev–Trinajstić information content (AvgIpc) is 2.77. The van der Waals surface area contributed by atoms with Gasteiger partial charge < -0.3 is 4.90 Å². The van der Waals surface area contributed by atoms with E-state index in [0.29, 0.717) is 5.92 Å². The number of nitrogens with zero attached hydrogens (tertiary/aromatic N) is 2. The van der Waals surface area contributed by atoms with Crippen molar-refractivity contribution in [1.29, 1.82) is 0 Å². The molecule has 4 rings (SSSR count). The summed E-state index contributed by atoms with van der Waals surface area (Å²) in [5, 5.41) is 0. The Morgan fingerprint density at radius 1 is 0.750 bits per heavy atom. The van der Waals surface area contributed by atoms with E-state index in [2.05, 4.69) is 30.3 Å². The summed E-state index contributed by atoms with van der Waals surface area (Å²) in [6.07, 6.45) is 3.21. The van der Waals surface area contributed by atoms with Crippen LogP contribution >= 0.6 is 0 Å². The Morgan fingerprint density at radius 2 is 1.21 bits per heavy atom. The Balaban J connectivity index is 1.46. The Kier molecular flexibility index (Phi) is 5.72. The predicted molar refractivity (Wildman–Crippen MR) is 115 cm³/mol. The van der Waals surface area contributed by atoms with Gasteiger partial charge in [-0.25, -0.2) is 4.79 Å². The number of anilines is 2. The summed E-state index contributed by atoms with van der Waals surface area (Å²) in [4.78, 5) is 17.2. The molecule has 1 aliphatic rings. The van der Waals surface area contributed by atoms with Crippen LogP contribution in [-0.2, 0) is 6.42 Å². The van der Waals surface area contributed by atoms with Crippen molar-refractivity contribution in [2.75, 3.05) is 18.0 Å². The number of amides is 2. The smallest absolute Gasteiger partial charge is 0.324 e. The number of benzene rings is 3. The Hall–Kier alpha value is -3.07. The number of urea groups is 1. The predicted octanol–water partition coefficient (Wildman–Crippen LogP) is 5.90. The van der Waals surface area contributed by atoms with Gasteiger partial charge in [0.15, 0.2) is 0 Å². The molecule has 3 aromatic carbocycles. The lowest BCUT2D eigenvalue weighted by Crippen LogP contribution is -2.45. The second-order valence-corrected chi connectivity index (χ2v) is 7.41. The van der Waals surface area contributed by atoms with E-state index in [1.54, 1.807) is 0 Å². The molecule has 0 N–H and O–H groups in total. The lowest BCUT2D eigenvalue weighted by molar-refractivity contribution is 0.178. The molecule has 1 heterocycles. The van der Waals surface area contributed by atoms with E-state index >= 15 is 0 Å². The summed E-state index contributed by atoms with van der Waals surface area (Å²) < 4.78 is 0. The van der Waals surface area contributed by atoms with E-state index in [4.69, 9.17) is 0 Å². The third-order valence-corrected chi connectivity index (χ3v) is 5.47. The van der Waals surface area contributed by atoms with Gasteiger partial charge in [-0.15, -0.1) is 0 Å². The molecule has 0 saturated carbocycles. The zero-order chi connectivity index (χ0) is 19.2. The molecule has 1 fully saturated rings. The standard InChI is InChI=1S/C25H26N2O/c28-25(26-18-16-22(17-19-26)20-21-10-4-1-5-11-21)27(23-12-6-2-7-13-23)24-14-8-3-9-15-24/h1-15,22H,16-20H2. The van der Waals surface area contributed by atoms with Crippen molar-refractivity contribution in [3.05, 3.63) is 96.6 Å². The fourth-order valence-electron chi connectivity index (χ4n) is 3.94. The van der Waals surface area contributed by atoms with Crippen molar-refractivity contribution in [3.8, 4) is 0 Å². The van der Waals surface area contributed by atoms with Gasteiger partial charge in [0.25, 0.3) is 0 Å². The van der Waals surface area contributed by atoms with Crippen LogP contribution in [0.25, 0.3) is 0 Å². The lowest BCUT2D eigenvalue weighted by Gasteiger charge is -2.36. The van der Waals surface area contributed by atoms with Gasteiger partial charge in [-0.05, 0) is 55.0 Å². The van der Waals surface area contributed by atoms with Crippen molar-refractivity contribution in [2.45, 2.75) is 19.3 Å². The van der Waals surface area contributed by atoms with E-state index in [-0.39, 0.29) is 6.03 Å². The van der Waals surface area contributed by atoms with Gasteiger partial charge in [-0.3, -0.25) is 4.90 Å². The van der Waals surface area contributed by atoms with E-state index in [1.807, 2.05) is 70.5 Å². The molecular formula is C25H26N2O. The molecule has 3 heteroatoms. The lowest BCUT2D eigenvalue weighted by atomic mass is 9.90. The summed E-state index contributed by atoms with van der Waals surface area (Å²) >= 11 is 0. The van der Waals surface area contributed by atoms with Crippen LogP contribution in [0.2, 0.25) is 0 Å². The van der Waals surface area contributed by atoms with Crippen LogP contribution < -0.4 is 4.90 Å². The summed E-state index contributed by atoms with van der Waals surface area (Å²) in [7, 11) is 0. The number of rotatable bonds is 4. The van der Waals surface area contributed by atoms with Gasteiger partial charge in [-0.2, -0.15) is 0 Å². The van der Waals surface area contributed by atoms with Gasteiger partial charge in [-0.1, -0.05) is 66.7 Å². The third kappa shape index (κ3) is 4.25. The molecule has 0 bridgehead atoms. The minimum atomic E-state index is 0.0653. The van der Waals surface area contributed by atoms with Gasteiger partial charge in [0.2, 0.25) is 0 Å². The molecule has 3 aromatic rings. The molecule has 0 aliphatic carbocycles. The van der Waals surface area contributed by atoms with Gasteiger partial charge in [0.05, 0.1) is 11.4 Å². The normalized spacial score (nSPS) is 14.6. The number of para-hydroxylation sites is 2. The topological polar surface area (TPSA) is 23.6 Å². The molecule has 28 heavy (non-hydrogen) atoms. The molecule has 3 nitrogen and oxygen atoms in total. The first kappa shape index (κ1) is 18.3. The van der Waals surface area contributed by atoms with E-state index < -0.39 is 0 Å². The molecule has 0 radical (unpaired) electrons. The SMILES string of the molecule is O=C(N1CCC(Cc2ccccc2)CC1)N(c1ccccc1)c1ccccc1. The quantitative estimate of drug-likeness (QED) is 0.561. The maximum atomic E-state index is 13.4. The zero-order valence-corrected chi connectivity index (χ0v) is 16.1. The van der Waals surface area contributed by atoms with Crippen molar-refractivity contribution in [3.63, 3.8) is 0 Å². The van der Waals surface area contributed by atoms with Crippen LogP contribution in [0.4, 0.5) is 16.2 Å². The highest BCUT2D eigenvalue weighted by molar-refractivity contribution is 5.99. The molecule has 0 atom stereocenters. The Bertz CT molecular complexity index is 833. The van der Waals surface area contributed by atoms with Gasteiger partial charge in [0, 0.05) is 13.1 Å². The monoisotopic (exact) mass is 370 g/mol. The van der Waals surface area contributed by atoms with Crippen LogP contribution in [0.5, 0.6) is 0 Å². The Labute approximate surface area is 167 Å². The molecule has 2 amide bonds. The van der Waals surface area contributed by atoms with Crippen molar-refractivity contribution in [2.24, 2.45) is 5.92 Å². The number of piperidine rings is 1. The minimum absolute atomic E-state index is 0.0653. The van der Waals surface area contributed by atoms with Crippen LogP contribution in [-0.4, -0.2) is 24.0 Å². The zero-order valence-electron chi connectivity index (χ0n) is 16.1. The van der Waals surface area contributed by atoms with Gasteiger partial charge in [0.1, 0.15) is 0 Å². The number of carbonyl (C=O) groups is 1.